The van der Waals surface area contributed by atoms with Gasteiger partial charge in [-0.2, -0.15) is 0 Å². The van der Waals surface area contributed by atoms with Crippen LogP contribution < -0.4 is 0 Å². The zero-order chi connectivity index (χ0) is 9.35. The van der Waals surface area contributed by atoms with Crippen molar-refractivity contribution in [3.05, 3.63) is 0 Å². The van der Waals surface area contributed by atoms with Crippen molar-refractivity contribution in [2.24, 2.45) is 0 Å². The lowest BCUT2D eigenvalue weighted by atomic mass is 10.3. The van der Waals surface area contributed by atoms with E-state index in [1.165, 1.54) is 6.66 Å². The van der Waals surface area contributed by atoms with Crippen molar-refractivity contribution in [1.82, 2.24) is 0 Å². The molecule has 0 saturated carbocycles. The van der Waals surface area contributed by atoms with Crippen LogP contribution in [-0.4, -0.2) is 24.8 Å². The van der Waals surface area contributed by atoms with Crippen LogP contribution in [0.3, 0.4) is 0 Å². The van der Waals surface area contributed by atoms with Crippen LogP contribution in [0.25, 0.3) is 0 Å². The molecule has 0 aromatic rings. The van der Waals surface area contributed by atoms with E-state index in [0.717, 1.165) is 0 Å². The molecule has 0 bridgehead atoms. The number of hydrogen-bond donors (Lipinski definition) is 0. The average molecular weight is 193 g/mol. The Bertz CT molecular complexity index is 184. The smallest absolute Gasteiger partial charge is 0.319 e. The Hall–Kier alpha value is -0.0200. The molecule has 12 heavy (non-hydrogen) atoms. The van der Waals surface area contributed by atoms with Gasteiger partial charge in [0.1, 0.15) is 0 Å². The Morgan fingerprint density at radius 1 is 1.33 bits per heavy atom. The molecule has 1 rings (SSSR count). The molecule has 0 radical (unpaired) electrons. The Morgan fingerprint density at radius 2 is 1.75 bits per heavy atom. The van der Waals surface area contributed by atoms with Crippen molar-refractivity contribution in [2.45, 2.75) is 39.0 Å². The first-order valence-electron chi connectivity index (χ1n) is 3.88. The molecule has 1 fully saturated rings. The molecule has 1 aliphatic rings. The minimum Gasteiger partial charge on any atom is -0.319 e. The highest BCUT2D eigenvalue weighted by molar-refractivity contribution is 7.38. The van der Waals surface area contributed by atoms with Gasteiger partial charge in [0.25, 0.3) is 0 Å². The minimum atomic E-state index is -1.70. The fraction of sp³-hybridized carbons (Fsp3) is 1.00. The summed E-state index contributed by atoms with van der Waals surface area (Å²) in [4.78, 5) is 0. The van der Waals surface area contributed by atoms with E-state index in [1.807, 2.05) is 13.8 Å². The van der Waals surface area contributed by atoms with Gasteiger partial charge >= 0.3 is 14.0 Å². The van der Waals surface area contributed by atoms with Gasteiger partial charge in [-0.15, -0.1) is 0 Å². The van der Waals surface area contributed by atoms with Crippen LogP contribution in [-0.2, 0) is 18.6 Å². The van der Waals surface area contributed by atoms with Gasteiger partial charge in [0, 0.05) is 6.92 Å². The minimum absolute atomic E-state index is 0.0232. The second kappa shape index (κ2) is 3.38. The summed E-state index contributed by atoms with van der Waals surface area (Å²) in [6.45, 7) is 6.88. The highest BCUT2D eigenvalue weighted by Gasteiger charge is 2.46. The van der Waals surface area contributed by atoms with Crippen LogP contribution in [0.15, 0.2) is 0 Å². The van der Waals surface area contributed by atoms with Gasteiger partial charge in [-0.1, -0.05) is 4.52 Å². The molecule has 3 unspecified atom stereocenters. The third kappa shape index (κ3) is 2.23. The van der Waals surface area contributed by atoms with Gasteiger partial charge in [-0.25, -0.2) is 0 Å². The van der Waals surface area contributed by atoms with E-state index >= 15 is 0 Å². The summed E-state index contributed by atoms with van der Waals surface area (Å²) in [6, 6.07) is 0. The average Bonchev–Trinajstić information content (AvgIpc) is 2.04. The standard InChI is InChI=1S/C7H14O4P/c1-5-6(2)10-7(3,9-5)11-12(4)8/h5-6H,1-4H3/q+1. The van der Waals surface area contributed by atoms with Gasteiger partial charge in [0.15, 0.2) is 6.66 Å². The fourth-order valence-corrected chi connectivity index (χ4v) is 1.72. The third-order valence-electron chi connectivity index (χ3n) is 1.76. The Morgan fingerprint density at radius 3 is 2.08 bits per heavy atom. The lowest BCUT2D eigenvalue weighted by Crippen LogP contribution is -2.27. The summed E-state index contributed by atoms with van der Waals surface area (Å²) in [5.41, 5.74) is 0. The second-order valence-corrected chi connectivity index (χ2v) is 4.10. The largest absolute Gasteiger partial charge is 0.510 e. The molecular weight excluding hydrogens is 179 g/mol. The molecule has 5 heteroatoms. The van der Waals surface area contributed by atoms with Crippen LogP contribution in [0.1, 0.15) is 20.8 Å². The molecule has 0 amide bonds. The van der Waals surface area contributed by atoms with Gasteiger partial charge in [-0.05, 0) is 18.4 Å². The third-order valence-corrected chi connectivity index (χ3v) is 2.34. The lowest BCUT2D eigenvalue weighted by Gasteiger charge is -2.14. The van der Waals surface area contributed by atoms with Crippen LogP contribution >= 0.6 is 8.03 Å². The van der Waals surface area contributed by atoms with E-state index in [4.69, 9.17) is 14.0 Å². The van der Waals surface area contributed by atoms with E-state index < -0.39 is 14.0 Å². The molecular formula is C7H14O4P+. The first kappa shape index (κ1) is 10.1. The Balaban J connectivity index is 2.57. The maximum atomic E-state index is 10.8. The first-order chi connectivity index (χ1) is 5.43. The molecule has 0 aromatic carbocycles. The summed E-state index contributed by atoms with van der Waals surface area (Å²) in [5, 5.41) is 0. The summed E-state index contributed by atoms with van der Waals surface area (Å²) >= 11 is 0. The molecule has 1 aliphatic heterocycles. The lowest BCUT2D eigenvalue weighted by molar-refractivity contribution is -0.281. The predicted octanol–water partition coefficient (Wildman–Crippen LogP) is 1.87. The molecule has 70 valence electrons. The number of ether oxygens (including phenoxy) is 2. The van der Waals surface area contributed by atoms with E-state index in [2.05, 4.69) is 0 Å². The topological polar surface area (TPSA) is 44.8 Å². The van der Waals surface area contributed by atoms with Gasteiger partial charge in [-0.3, -0.25) is 0 Å². The van der Waals surface area contributed by atoms with E-state index in [9.17, 15) is 4.57 Å². The van der Waals surface area contributed by atoms with Crippen molar-refractivity contribution in [1.29, 1.82) is 0 Å². The normalized spacial score (nSPS) is 43.2. The summed E-state index contributed by atoms with van der Waals surface area (Å²) < 4.78 is 26.5. The molecule has 0 N–H and O–H groups in total. The van der Waals surface area contributed by atoms with Crippen molar-refractivity contribution >= 4 is 8.03 Å². The molecule has 0 aliphatic carbocycles. The monoisotopic (exact) mass is 193 g/mol. The zero-order valence-corrected chi connectivity index (χ0v) is 8.63. The van der Waals surface area contributed by atoms with Crippen molar-refractivity contribution in [3.63, 3.8) is 0 Å². The van der Waals surface area contributed by atoms with Crippen molar-refractivity contribution < 1.29 is 18.6 Å². The maximum Gasteiger partial charge on any atom is 0.510 e. The molecule has 3 atom stereocenters. The molecule has 4 nitrogen and oxygen atoms in total. The molecule has 1 saturated heterocycles. The van der Waals surface area contributed by atoms with Crippen LogP contribution in [0.5, 0.6) is 0 Å². The number of rotatable bonds is 2. The number of hydrogen-bond acceptors (Lipinski definition) is 4. The van der Waals surface area contributed by atoms with Crippen LogP contribution in [0.4, 0.5) is 0 Å². The summed E-state index contributed by atoms with van der Waals surface area (Å²) in [6.07, 6.45) is -0.0464. The van der Waals surface area contributed by atoms with Gasteiger partial charge in [0.05, 0.1) is 12.2 Å². The SMILES string of the molecule is CC1OC(C)(O[P+](C)=O)OC1C. The van der Waals surface area contributed by atoms with Crippen LogP contribution in [0.2, 0.25) is 0 Å². The summed E-state index contributed by atoms with van der Waals surface area (Å²) in [5.74, 6) is -1.12. The fourth-order valence-electron chi connectivity index (χ4n) is 1.17. The predicted molar refractivity (Wildman–Crippen MR) is 44.1 cm³/mol. The molecule has 1 heterocycles. The Labute approximate surface area is 73.1 Å². The Kier molecular flexibility index (Phi) is 2.84. The molecule has 0 spiro atoms. The highest BCUT2D eigenvalue weighted by Crippen LogP contribution is 2.35. The van der Waals surface area contributed by atoms with Gasteiger partial charge in [0.2, 0.25) is 0 Å². The maximum absolute atomic E-state index is 10.8. The summed E-state index contributed by atoms with van der Waals surface area (Å²) in [7, 11) is -1.70. The zero-order valence-electron chi connectivity index (χ0n) is 7.73. The second-order valence-electron chi connectivity index (χ2n) is 3.04. The van der Waals surface area contributed by atoms with Crippen LogP contribution in [0, 0.1) is 0 Å². The van der Waals surface area contributed by atoms with Gasteiger partial charge < -0.3 is 9.47 Å². The molecule has 0 aromatic heterocycles. The quantitative estimate of drug-likeness (QED) is 0.628. The van der Waals surface area contributed by atoms with Crippen molar-refractivity contribution in [3.8, 4) is 0 Å². The van der Waals surface area contributed by atoms with E-state index in [0.29, 0.717) is 0 Å². The van der Waals surface area contributed by atoms with E-state index in [-0.39, 0.29) is 12.2 Å². The van der Waals surface area contributed by atoms with E-state index in [1.54, 1.807) is 6.92 Å². The highest BCUT2D eigenvalue weighted by atomic mass is 31.1. The first-order valence-corrected chi connectivity index (χ1v) is 5.51. The van der Waals surface area contributed by atoms with Crippen molar-refractivity contribution in [2.75, 3.05) is 6.66 Å².